The fourth-order valence-corrected chi connectivity index (χ4v) is 5.33. The first-order chi connectivity index (χ1) is 19.4. The van der Waals surface area contributed by atoms with Gasteiger partial charge in [0.2, 0.25) is 11.8 Å². The maximum absolute atomic E-state index is 12.7. The summed E-state index contributed by atoms with van der Waals surface area (Å²) in [7, 11) is 1.62. The summed E-state index contributed by atoms with van der Waals surface area (Å²) in [5, 5.41) is 0.941. The van der Waals surface area contributed by atoms with Crippen molar-refractivity contribution in [2.75, 3.05) is 52.9 Å². The minimum atomic E-state index is -0.355. The Morgan fingerprint density at radius 2 is 1.60 bits per heavy atom. The van der Waals surface area contributed by atoms with Crippen LogP contribution in [0.3, 0.4) is 0 Å². The van der Waals surface area contributed by atoms with Crippen LogP contribution in [-0.4, -0.2) is 90.4 Å². The van der Waals surface area contributed by atoms with Gasteiger partial charge in [-0.3, -0.25) is 19.3 Å². The Kier molecular flexibility index (Phi) is 8.50. The first-order valence-corrected chi connectivity index (χ1v) is 13.8. The second-order valence-electron chi connectivity index (χ2n) is 10.4. The van der Waals surface area contributed by atoms with Crippen molar-refractivity contribution in [1.82, 2.24) is 19.7 Å². The van der Waals surface area contributed by atoms with Crippen molar-refractivity contribution in [3.8, 4) is 11.5 Å². The first-order valence-electron chi connectivity index (χ1n) is 13.8. The van der Waals surface area contributed by atoms with E-state index in [1.807, 2.05) is 47.1 Å². The Bertz CT molecular complexity index is 1400. The maximum atomic E-state index is 12.7. The molecule has 0 aliphatic carbocycles. The van der Waals surface area contributed by atoms with Crippen LogP contribution in [0.4, 0.5) is 0 Å². The number of methoxy groups -OCH3 is 1. The van der Waals surface area contributed by atoms with E-state index in [0.29, 0.717) is 38.5 Å². The minimum absolute atomic E-state index is 0.0493. The molecule has 3 aromatic rings. The molecule has 2 fully saturated rings. The molecule has 9 heteroatoms. The molecule has 0 atom stereocenters. The summed E-state index contributed by atoms with van der Waals surface area (Å²) in [5.74, 6) is 0.969. The Morgan fingerprint density at radius 1 is 0.900 bits per heavy atom. The van der Waals surface area contributed by atoms with Gasteiger partial charge in [0.1, 0.15) is 11.5 Å². The lowest BCUT2D eigenvalue weighted by atomic mass is 10.1. The number of benzene rings is 2. The minimum Gasteiger partial charge on any atom is -0.497 e. The number of nitrogens with zero attached hydrogens (tertiary/aromatic N) is 3. The first kappa shape index (κ1) is 27.5. The Morgan fingerprint density at radius 3 is 2.30 bits per heavy atom. The number of hydrogen-bond donors (Lipinski definition) is 1. The van der Waals surface area contributed by atoms with Crippen LogP contribution >= 0.6 is 0 Å². The highest BCUT2D eigenvalue weighted by atomic mass is 16.5. The average molecular weight is 545 g/mol. The van der Waals surface area contributed by atoms with E-state index >= 15 is 0 Å². The Balaban J connectivity index is 1.10. The summed E-state index contributed by atoms with van der Waals surface area (Å²) in [5.41, 5.74) is 3.59. The number of H-pyrrole nitrogens is 1. The van der Waals surface area contributed by atoms with Crippen molar-refractivity contribution in [2.45, 2.75) is 26.2 Å². The van der Waals surface area contributed by atoms with Crippen molar-refractivity contribution in [2.24, 2.45) is 0 Å². The SMILES string of the molecule is COc1ccc2[nH]c(C)c(CC(=O)Oc3ccc(/C=C/C(=O)N4CCN(CC(=O)N5CCCC5)CC4)cc3)c2c1. The van der Waals surface area contributed by atoms with Crippen LogP contribution in [0.15, 0.2) is 48.5 Å². The lowest BCUT2D eigenvalue weighted by Crippen LogP contribution is -2.51. The fourth-order valence-electron chi connectivity index (χ4n) is 5.33. The molecular formula is C31H36N4O5. The number of rotatable bonds is 8. The molecule has 9 nitrogen and oxygen atoms in total. The van der Waals surface area contributed by atoms with Gasteiger partial charge in [-0.25, -0.2) is 0 Å². The monoisotopic (exact) mass is 544 g/mol. The number of likely N-dealkylation sites (tertiary alicyclic amines) is 1. The molecule has 0 bridgehead atoms. The second-order valence-corrected chi connectivity index (χ2v) is 10.4. The van der Waals surface area contributed by atoms with Crippen molar-refractivity contribution >= 4 is 34.8 Å². The summed E-state index contributed by atoms with van der Waals surface area (Å²) in [6.07, 6.45) is 5.65. The van der Waals surface area contributed by atoms with Crippen LogP contribution in [0.2, 0.25) is 0 Å². The van der Waals surface area contributed by atoms with Gasteiger partial charge in [-0.05, 0) is 67.3 Å². The molecule has 0 spiro atoms. The van der Waals surface area contributed by atoms with Crippen molar-refractivity contribution < 1.29 is 23.9 Å². The van der Waals surface area contributed by atoms with E-state index in [1.165, 1.54) is 0 Å². The number of aromatic nitrogens is 1. The summed E-state index contributed by atoms with van der Waals surface area (Å²) >= 11 is 0. The summed E-state index contributed by atoms with van der Waals surface area (Å²) in [6.45, 7) is 6.72. The number of piperazine rings is 1. The lowest BCUT2D eigenvalue weighted by molar-refractivity contribution is -0.134. The molecular weight excluding hydrogens is 508 g/mol. The molecule has 5 rings (SSSR count). The topological polar surface area (TPSA) is 95.2 Å². The number of nitrogens with one attached hydrogen (secondary N) is 1. The molecule has 2 saturated heterocycles. The molecule has 1 N–H and O–H groups in total. The van der Waals surface area contributed by atoms with Crippen molar-refractivity contribution in [3.63, 3.8) is 0 Å². The quantitative estimate of drug-likeness (QED) is 0.265. The highest BCUT2D eigenvalue weighted by Crippen LogP contribution is 2.27. The molecule has 2 aliphatic heterocycles. The zero-order valence-electron chi connectivity index (χ0n) is 23.2. The molecule has 2 amide bonds. The summed E-state index contributed by atoms with van der Waals surface area (Å²) in [4.78, 5) is 47.0. The van der Waals surface area contributed by atoms with E-state index in [2.05, 4.69) is 9.88 Å². The van der Waals surface area contributed by atoms with Gasteiger partial charge in [-0.1, -0.05) is 12.1 Å². The number of aryl methyl sites for hydroxylation is 1. The number of carbonyl (C=O) groups is 3. The number of carbonyl (C=O) groups excluding carboxylic acids is 3. The molecule has 1 aromatic heterocycles. The Hall–Kier alpha value is -4.11. The van der Waals surface area contributed by atoms with Crippen LogP contribution in [0.5, 0.6) is 11.5 Å². The van der Waals surface area contributed by atoms with Gasteiger partial charge in [-0.15, -0.1) is 0 Å². The molecule has 2 aromatic carbocycles. The predicted octanol–water partition coefficient (Wildman–Crippen LogP) is 3.41. The highest BCUT2D eigenvalue weighted by Gasteiger charge is 2.24. The molecule has 40 heavy (non-hydrogen) atoms. The average Bonchev–Trinajstić information content (AvgIpc) is 3.61. The smallest absolute Gasteiger partial charge is 0.315 e. The van der Waals surface area contributed by atoms with Crippen LogP contribution in [-0.2, 0) is 20.8 Å². The number of hydrogen-bond acceptors (Lipinski definition) is 6. The van der Waals surface area contributed by atoms with Gasteiger partial charge < -0.3 is 24.3 Å². The van der Waals surface area contributed by atoms with Crippen LogP contribution < -0.4 is 9.47 Å². The van der Waals surface area contributed by atoms with Crippen LogP contribution in [0, 0.1) is 6.92 Å². The van der Waals surface area contributed by atoms with Crippen LogP contribution in [0.1, 0.15) is 29.7 Å². The van der Waals surface area contributed by atoms with E-state index in [9.17, 15) is 14.4 Å². The number of ether oxygens (including phenoxy) is 2. The van der Waals surface area contributed by atoms with E-state index in [0.717, 1.165) is 59.4 Å². The number of esters is 1. The molecule has 0 unspecified atom stereocenters. The molecule has 0 radical (unpaired) electrons. The third kappa shape index (κ3) is 6.54. The number of aromatic amines is 1. The van der Waals surface area contributed by atoms with Crippen molar-refractivity contribution in [1.29, 1.82) is 0 Å². The standard InChI is InChI=1S/C31H36N4O5/c1-22-26(27-19-25(39-2)10-11-28(27)32-22)20-31(38)40-24-8-5-23(6-9-24)7-12-29(36)35-17-15-33(16-18-35)21-30(37)34-13-3-4-14-34/h5-12,19,32H,3-4,13-18,20-21H2,1-2H3/b12-7+. The second kappa shape index (κ2) is 12.4. The van der Waals surface area contributed by atoms with Crippen LogP contribution in [0.25, 0.3) is 17.0 Å². The van der Waals surface area contributed by atoms with Gasteiger partial charge in [0.15, 0.2) is 0 Å². The molecule has 0 saturated carbocycles. The van der Waals surface area contributed by atoms with Crippen molar-refractivity contribution in [3.05, 3.63) is 65.4 Å². The normalized spacial score (nSPS) is 16.1. The van der Waals surface area contributed by atoms with Gasteiger partial charge in [0.05, 0.1) is 20.1 Å². The third-order valence-corrected chi connectivity index (χ3v) is 7.68. The summed E-state index contributed by atoms with van der Waals surface area (Å²) < 4.78 is 10.9. The lowest BCUT2D eigenvalue weighted by Gasteiger charge is -2.34. The summed E-state index contributed by atoms with van der Waals surface area (Å²) in [6, 6.07) is 12.8. The zero-order valence-corrected chi connectivity index (χ0v) is 23.2. The number of fused-ring (bicyclic) bond motifs is 1. The molecule has 2 aliphatic rings. The fraction of sp³-hybridized carbons (Fsp3) is 0.387. The zero-order chi connectivity index (χ0) is 28.1. The third-order valence-electron chi connectivity index (χ3n) is 7.68. The van der Waals surface area contributed by atoms with Gasteiger partial charge >= 0.3 is 5.97 Å². The molecule has 3 heterocycles. The molecule has 210 valence electrons. The van der Waals surface area contributed by atoms with Gasteiger partial charge in [0.25, 0.3) is 0 Å². The Labute approximate surface area is 234 Å². The van der Waals surface area contributed by atoms with E-state index in [4.69, 9.17) is 9.47 Å². The van der Waals surface area contributed by atoms with Gasteiger partial charge in [0, 0.05) is 61.9 Å². The van der Waals surface area contributed by atoms with E-state index in [-0.39, 0.29) is 24.2 Å². The van der Waals surface area contributed by atoms with Gasteiger partial charge in [-0.2, -0.15) is 0 Å². The van der Waals surface area contributed by atoms with E-state index in [1.54, 1.807) is 31.4 Å². The largest absolute Gasteiger partial charge is 0.497 e. The number of amides is 2. The van der Waals surface area contributed by atoms with E-state index < -0.39 is 0 Å². The maximum Gasteiger partial charge on any atom is 0.315 e. The predicted molar refractivity (Wildman–Crippen MR) is 153 cm³/mol. The highest BCUT2D eigenvalue weighted by molar-refractivity contribution is 5.92.